The number of aromatic nitrogens is 2. The Morgan fingerprint density at radius 3 is 2.65 bits per heavy atom. The Hall–Kier alpha value is -1.79. The van der Waals surface area contributed by atoms with Crippen LogP contribution in [0.3, 0.4) is 0 Å². The Morgan fingerprint density at radius 2 is 2.04 bits per heavy atom. The van der Waals surface area contributed by atoms with Crippen molar-refractivity contribution in [1.82, 2.24) is 14.9 Å². The van der Waals surface area contributed by atoms with E-state index in [-0.39, 0.29) is 17.9 Å². The maximum atomic E-state index is 12.2. The molecule has 23 heavy (non-hydrogen) atoms. The highest BCUT2D eigenvalue weighted by molar-refractivity contribution is 7.98. The number of benzene rings is 1. The number of thioether (sulfide) groups is 1. The number of amides is 1. The summed E-state index contributed by atoms with van der Waals surface area (Å²) in [4.78, 5) is 16.4. The average Bonchev–Trinajstić information content (AvgIpc) is 3.00. The molecular weight excluding hydrogens is 310 g/mol. The van der Waals surface area contributed by atoms with Crippen LogP contribution in [0.4, 0.5) is 0 Å². The van der Waals surface area contributed by atoms with E-state index in [1.165, 1.54) is 0 Å². The Morgan fingerprint density at radius 1 is 1.35 bits per heavy atom. The van der Waals surface area contributed by atoms with Crippen molar-refractivity contribution in [2.75, 3.05) is 12.8 Å². The molecule has 1 heterocycles. The van der Waals surface area contributed by atoms with Crippen molar-refractivity contribution in [3.05, 3.63) is 42.2 Å². The summed E-state index contributed by atoms with van der Waals surface area (Å²) in [6.45, 7) is 4.33. The van der Waals surface area contributed by atoms with Crippen molar-refractivity contribution in [2.45, 2.75) is 31.5 Å². The van der Waals surface area contributed by atoms with Gasteiger partial charge in [0.1, 0.15) is 0 Å². The van der Waals surface area contributed by atoms with E-state index in [1.807, 2.05) is 48.2 Å². The van der Waals surface area contributed by atoms with Crippen molar-refractivity contribution in [3.63, 3.8) is 0 Å². The molecule has 0 aliphatic rings. The van der Waals surface area contributed by atoms with Gasteiger partial charge in [-0.25, -0.2) is 4.98 Å². The van der Waals surface area contributed by atoms with Crippen LogP contribution in [0.5, 0.6) is 0 Å². The van der Waals surface area contributed by atoms with Gasteiger partial charge in [-0.2, -0.15) is 0 Å². The summed E-state index contributed by atoms with van der Waals surface area (Å²) in [7, 11) is 0. The molecule has 6 heteroatoms. The molecular formula is C17H23N3O2S. The molecule has 0 saturated heterocycles. The largest absolute Gasteiger partial charge is 0.393 e. The Bertz CT molecular complexity index is 638. The number of carbonyl (C=O) groups is 1. The number of aliphatic hydroxyl groups is 1. The molecule has 2 atom stereocenters. The van der Waals surface area contributed by atoms with E-state index in [1.54, 1.807) is 24.9 Å². The molecule has 0 fully saturated rings. The monoisotopic (exact) mass is 333 g/mol. The van der Waals surface area contributed by atoms with Crippen LogP contribution in [0.2, 0.25) is 0 Å². The Balaban J connectivity index is 1.98. The van der Waals surface area contributed by atoms with Gasteiger partial charge >= 0.3 is 0 Å². The molecule has 1 aromatic carbocycles. The van der Waals surface area contributed by atoms with Crippen LogP contribution < -0.4 is 5.32 Å². The van der Waals surface area contributed by atoms with Crippen LogP contribution in [0.15, 0.2) is 41.8 Å². The van der Waals surface area contributed by atoms with Crippen molar-refractivity contribution < 1.29 is 9.90 Å². The molecule has 2 unspecified atom stereocenters. The van der Waals surface area contributed by atoms with Gasteiger partial charge in [0.15, 0.2) is 5.16 Å². The molecule has 2 rings (SSSR count). The quantitative estimate of drug-likeness (QED) is 0.765. The lowest BCUT2D eigenvalue weighted by Gasteiger charge is -2.14. The standard InChI is InChI=1S/C17H23N3O2S/c1-12(10-13(2)21)11-19-16(22)14-4-6-15(7-5-14)20-9-8-18-17(20)23-3/h4-9,12-13,21H,10-11H2,1-3H3,(H,19,22). The third-order valence-electron chi connectivity index (χ3n) is 3.55. The number of nitrogens with zero attached hydrogens (tertiary/aromatic N) is 2. The molecule has 0 bridgehead atoms. The maximum Gasteiger partial charge on any atom is 0.251 e. The van der Waals surface area contributed by atoms with Crippen LogP contribution in [-0.4, -0.2) is 39.5 Å². The van der Waals surface area contributed by atoms with E-state index in [0.717, 1.165) is 10.8 Å². The van der Waals surface area contributed by atoms with Crippen molar-refractivity contribution in [2.24, 2.45) is 5.92 Å². The van der Waals surface area contributed by atoms with Gasteiger partial charge in [0.25, 0.3) is 5.91 Å². The number of nitrogens with one attached hydrogen (secondary N) is 1. The fourth-order valence-corrected chi connectivity index (χ4v) is 2.97. The predicted octanol–water partition coefficient (Wildman–Crippen LogP) is 2.73. The molecule has 5 nitrogen and oxygen atoms in total. The maximum absolute atomic E-state index is 12.2. The zero-order valence-electron chi connectivity index (χ0n) is 13.7. The molecule has 0 saturated carbocycles. The first-order valence-corrected chi connectivity index (χ1v) is 8.87. The summed E-state index contributed by atoms with van der Waals surface area (Å²) in [5.74, 6) is 0.151. The second-order valence-electron chi connectivity index (χ2n) is 5.73. The molecule has 2 aromatic rings. The van der Waals surface area contributed by atoms with Gasteiger partial charge in [0.05, 0.1) is 6.10 Å². The molecule has 124 valence electrons. The predicted molar refractivity (Wildman–Crippen MR) is 93.1 cm³/mol. The first kappa shape index (κ1) is 17.6. The zero-order chi connectivity index (χ0) is 16.8. The van der Waals surface area contributed by atoms with Crippen LogP contribution >= 0.6 is 11.8 Å². The van der Waals surface area contributed by atoms with Crippen molar-refractivity contribution in [1.29, 1.82) is 0 Å². The van der Waals surface area contributed by atoms with E-state index < -0.39 is 0 Å². The van der Waals surface area contributed by atoms with E-state index in [0.29, 0.717) is 18.5 Å². The number of hydrogen-bond acceptors (Lipinski definition) is 4. The van der Waals surface area contributed by atoms with Gasteiger partial charge in [-0.1, -0.05) is 18.7 Å². The Kier molecular flexibility index (Phi) is 6.24. The molecule has 1 aromatic heterocycles. The number of carbonyl (C=O) groups excluding carboxylic acids is 1. The summed E-state index contributed by atoms with van der Waals surface area (Å²) >= 11 is 1.58. The SMILES string of the molecule is CSc1nccn1-c1ccc(C(=O)NCC(C)CC(C)O)cc1. The molecule has 0 aliphatic carbocycles. The number of imidazole rings is 1. The van der Waals surface area contributed by atoms with Gasteiger partial charge in [-0.3, -0.25) is 9.36 Å². The minimum Gasteiger partial charge on any atom is -0.393 e. The van der Waals surface area contributed by atoms with Crippen LogP contribution in [0.25, 0.3) is 5.69 Å². The average molecular weight is 333 g/mol. The van der Waals surface area contributed by atoms with E-state index in [2.05, 4.69) is 10.3 Å². The molecule has 0 spiro atoms. The smallest absolute Gasteiger partial charge is 0.251 e. The minimum atomic E-state index is -0.345. The van der Waals surface area contributed by atoms with Gasteiger partial charge in [-0.15, -0.1) is 0 Å². The van der Waals surface area contributed by atoms with Gasteiger partial charge < -0.3 is 10.4 Å². The third-order valence-corrected chi connectivity index (χ3v) is 4.22. The highest BCUT2D eigenvalue weighted by atomic mass is 32.2. The second-order valence-corrected chi connectivity index (χ2v) is 6.50. The lowest BCUT2D eigenvalue weighted by molar-refractivity contribution is 0.0939. The van der Waals surface area contributed by atoms with Crippen LogP contribution in [-0.2, 0) is 0 Å². The van der Waals surface area contributed by atoms with E-state index in [4.69, 9.17) is 0 Å². The second kappa shape index (κ2) is 8.17. The summed E-state index contributed by atoms with van der Waals surface area (Å²) in [6, 6.07) is 7.45. The molecule has 0 radical (unpaired) electrons. The lowest BCUT2D eigenvalue weighted by Crippen LogP contribution is -2.29. The highest BCUT2D eigenvalue weighted by Gasteiger charge is 2.10. The lowest BCUT2D eigenvalue weighted by atomic mass is 10.0. The fourth-order valence-electron chi connectivity index (χ4n) is 2.45. The molecule has 1 amide bonds. The zero-order valence-corrected chi connectivity index (χ0v) is 14.5. The number of rotatable bonds is 7. The van der Waals surface area contributed by atoms with Gasteiger partial charge in [-0.05, 0) is 49.8 Å². The van der Waals surface area contributed by atoms with Crippen LogP contribution in [0.1, 0.15) is 30.6 Å². The van der Waals surface area contributed by atoms with E-state index >= 15 is 0 Å². The topological polar surface area (TPSA) is 67.2 Å². The van der Waals surface area contributed by atoms with E-state index in [9.17, 15) is 9.90 Å². The summed E-state index contributed by atoms with van der Waals surface area (Å²) in [6.07, 6.45) is 5.98. The minimum absolute atomic E-state index is 0.0929. The van der Waals surface area contributed by atoms with Crippen molar-refractivity contribution >= 4 is 17.7 Å². The summed E-state index contributed by atoms with van der Waals surface area (Å²) in [5.41, 5.74) is 1.61. The number of aliphatic hydroxyl groups excluding tert-OH is 1. The fraction of sp³-hybridized carbons (Fsp3) is 0.412. The summed E-state index contributed by atoms with van der Waals surface area (Å²) in [5, 5.41) is 13.2. The number of hydrogen-bond donors (Lipinski definition) is 2. The van der Waals surface area contributed by atoms with Gasteiger partial charge in [0, 0.05) is 30.2 Å². The molecule has 0 aliphatic heterocycles. The first-order valence-electron chi connectivity index (χ1n) is 7.65. The normalized spacial score (nSPS) is 13.6. The summed E-state index contributed by atoms with van der Waals surface area (Å²) < 4.78 is 1.98. The molecule has 2 N–H and O–H groups in total. The van der Waals surface area contributed by atoms with Crippen molar-refractivity contribution in [3.8, 4) is 5.69 Å². The van der Waals surface area contributed by atoms with Gasteiger partial charge in [0.2, 0.25) is 0 Å². The van der Waals surface area contributed by atoms with Crippen LogP contribution in [0, 0.1) is 5.92 Å². The first-order chi connectivity index (χ1) is 11.0. The Labute approximate surface area is 141 Å². The highest BCUT2D eigenvalue weighted by Crippen LogP contribution is 2.18. The third kappa shape index (κ3) is 4.84.